The summed E-state index contributed by atoms with van der Waals surface area (Å²) in [4.78, 5) is 15.3. The number of para-hydroxylation sites is 1. The fraction of sp³-hybridized carbons (Fsp3) is 0.357. The fourth-order valence-corrected chi connectivity index (χ4v) is 2.66. The molecule has 2 N–H and O–H groups in total. The van der Waals surface area contributed by atoms with Crippen molar-refractivity contribution in [2.24, 2.45) is 5.92 Å². The standard InChI is InChI=1S/C14H18N2OS/c1-9(8-18-3)14(17)16-13-10(2)15-12-7-5-4-6-11(12)13/h4-7,9,15H,8H2,1-3H3,(H,16,17)/t9-/m1/s1. The molecule has 0 bridgehead atoms. The first-order chi connectivity index (χ1) is 8.63. The monoisotopic (exact) mass is 262 g/mol. The van der Waals surface area contributed by atoms with Gasteiger partial charge in [0, 0.05) is 28.3 Å². The van der Waals surface area contributed by atoms with Gasteiger partial charge in [-0.1, -0.05) is 25.1 Å². The van der Waals surface area contributed by atoms with Gasteiger partial charge in [0.25, 0.3) is 0 Å². The topological polar surface area (TPSA) is 44.9 Å². The van der Waals surface area contributed by atoms with Gasteiger partial charge in [0.2, 0.25) is 5.91 Å². The summed E-state index contributed by atoms with van der Waals surface area (Å²) >= 11 is 1.69. The van der Waals surface area contributed by atoms with Crippen molar-refractivity contribution < 1.29 is 4.79 Å². The van der Waals surface area contributed by atoms with Crippen LogP contribution < -0.4 is 5.32 Å². The molecule has 2 rings (SSSR count). The minimum Gasteiger partial charge on any atom is -0.357 e. The van der Waals surface area contributed by atoms with Crippen molar-refractivity contribution in [2.45, 2.75) is 13.8 Å². The van der Waals surface area contributed by atoms with Gasteiger partial charge in [0.15, 0.2) is 0 Å². The molecule has 4 heteroatoms. The van der Waals surface area contributed by atoms with Crippen molar-refractivity contribution in [1.82, 2.24) is 4.98 Å². The number of carbonyl (C=O) groups excluding carboxylic acids is 1. The first-order valence-corrected chi connectivity index (χ1v) is 7.40. The van der Waals surface area contributed by atoms with Gasteiger partial charge in [-0.05, 0) is 19.2 Å². The Morgan fingerprint density at radius 2 is 2.17 bits per heavy atom. The van der Waals surface area contributed by atoms with Gasteiger partial charge in [-0.2, -0.15) is 11.8 Å². The van der Waals surface area contributed by atoms with Crippen molar-refractivity contribution in [3.8, 4) is 0 Å². The number of hydrogen-bond acceptors (Lipinski definition) is 2. The lowest BCUT2D eigenvalue weighted by Crippen LogP contribution is -2.22. The Hall–Kier alpha value is -1.42. The molecule has 3 nitrogen and oxygen atoms in total. The van der Waals surface area contributed by atoms with Gasteiger partial charge in [-0.25, -0.2) is 0 Å². The summed E-state index contributed by atoms with van der Waals surface area (Å²) in [6, 6.07) is 8.01. The third-order valence-electron chi connectivity index (χ3n) is 3.01. The van der Waals surface area contributed by atoms with E-state index in [1.807, 2.05) is 44.4 Å². The number of hydrogen-bond donors (Lipinski definition) is 2. The van der Waals surface area contributed by atoms with Crippen LogP contribution in [0.5, 0.6) is 0 Å². The van der Waals surface area contributed by atoms with Crippen LogP contribution in [0.3, 0.4) is 0 Å². The molecule has 0 aliphatic rings. The van der Waals surface area contributed by atoms with E-state index < -0.39 is 0 Å². The van der Waals surface area contributed by atoms with Crippen molar-refractivity contribution >= 4 is 34.3 Å². The quantitative estimate of drug-likeness (QED) is 0.887. The molecular weight excluding hydrogens is 244 g/mol. The molecule has 1 aromatic heterocycles. The lowest BCUT2D eigenvalue weighted by atomic mass is 10.1. The van der Waals surface area contributed by atoms with E-state index in [1.165, 1.54) is 0 Å². The molecular formula is C14H18N2OS. The third kappa shape index (κ3) is 2.53. The number of aryl methyl sites for hydroxylation is 1. The molecule has 96 valence electrons. The van der Waals surface area contributed by atoms with Gasteiger partial charge < -0.3 is 10.3 Å². The van der Waals surface area contributed by atoms with Crippen LogP contribution in [-0.4, -0.2) is 22.9 Å². The van der Waals surface area contributed by atoms with Crippen LogP contribution >= 0.6 is 11.8 Å². The van der Waals surface area contributed by atoms with Gasteiger partial charge in [0.05, 0.1) is 5.69 Å². The highest BCUT2D eigenvalue weighted by Gasteiger charge is 2.15. The third-order valence-corrected chi connectivity index (χ3v) is 3.84. The smallest absolute Gasteiger partial charge is 0.228 e. The van der Waals surface area contributed by atoms with Crippen LogP contribution in [0.15, 0.2) is 24.3 Å². The molecule has 18 heavy (non-hydrogen) atoms. The van der Waals surface area contributed by atoms with Gasteiger partial charge >= 0.3 is 0 Å². The van der Waals surface area contributed by atoms with Crippen molar-refractivity contribution in [3.05, 3.63) is 30.0 Å². The number of amides is 1. The van der Waals surface area contributed by atoms with E-state index in [1.54, 1.807) is 11.8 Å². The summed E-state index contributed by atoms with van der Waals surface area (Å²) in [5, 5.41) is 4.10. The van der Waals surface area contributed by atoms with Crippen LogP contribution in [0.1, 0.15) is 12.6 Å². The minimum absolute atomic E-state index is 0.0214. The molecule has 0 radical (unpaired) electrons. The molecule has 1 amide bonds. The van der Waals surface area contributed by atoms with Crippen molar-refractivity contribution in [3.63, 3.8) is 0 Å². The van der Waals surface area contributed by atoms with Gasteiger partial charge in [0.1, 0.15) is 0 Å². The Kier molecular flexibility index (Phi) is 3.97. The Morgan fingerprint density at radius 3 is 2.89 bits per heavy atom. The molecule has 1 atom stereocenters. The van der Waals surface area contributed by atoms with Gasteiger partial charge in [-0.15, -0.1) is 0 Å². The Bertz CT molecular complexity index is 562. The molecule has 2 aromatic rings. The lowest BCUT2D eigenvalue weighted by molar-refractivity contribution is -0.118. The Morgan fingerprint density at radius 1 is 1.44 bits per heavy atom. The number of rotatable bonds is 4. The second kappa shape index (κ2) is 5.48. The number of thioether (sulfide) groups is 1. The first-order valence-electron chi connectivity index (χ1n) is 6.00. The highest BCUT2D eigenvalue weighted by molar-refractivity contribution is 7.98. The minimum atomic E-state index is 0.0214. The summed E-state index contributed by atoms with van der Waals surface area (Å²) in [7, 11) is 0. The molecule has 0 aliphatic heterocycles. The molecule has 1 aromatic carbocycles. The summed E-state index contributed by atoms with van der Waals surface area (Å²) in [6.45, 7) is 3.94. The Labute approximate surface area is 111 Å². The first kappa shape index (κ1) is 13.0. The largest absolute Gasteiger partial charge is 0.357 e. The maximum absolute atomic E-state index is 12.1. The molecule has 0 unspecified atom stereocenters. The maximum atomic E-state index is 12.1. The average Bonchev–Trinajstić information content (AvgIpc) is 2.66. The second-order valence-electron chi connectivity index (χ2n) is 4.52. The molecule has 0 aliphatic carbocycles. The fourth-order valence-electron chi connectivity index (χ4n) is 2.01. The number of anilines is 1. The van der Waals surface area contributed by atoms with Crippen LogP contribution in [-0.2, 0) is 4.79 Å². The summed E-state index contributed by atoms with van der Waals surface area (Å²) in [5.74, 6) is 0.943. The van der Waals surface area contributed by atoms with Crippen molar-refractivity contribution in [2.75, 3.05) is 17.3 Å². The van der Waals surface area contributed by atoms with Crippen molar-refractivity contribution in [1.29, 1.82) is 0 Å². The van der Waals surface area contributed by atoms with E-state index in [4.69, 9.17) is 0 Å². The predicted molar refractivity (Wildman–Crippen MR) is 79.2 cm³/mol. The number of aromatic nitrogens is 1. The van der Waals surface area contributed by atoms with Crippen LogP contribution in [0, 0.1) is 12.8 Å². The zero-order chi connectivity index (χ0) is 13.1. The molecule has 1 heterocycles. The lowest BCUT2D eigenvalue weighted by Gasteiger charge is -2.11. The highest BCUT2D eigenvalue weighted by atomic mass is 32.2. The average molecular weight is 262 g/mol. The summed E-state index contributed by atoms with van der Waals surface area (Å²) in [5.41, 5.74) is 2.97. The highest BCUT2D eigenvalue weighted by Crippen LogP contribution is 2.27. The molecule has 0 spiro atoms. The molecule has 0 fully saturated rings. The van der Waals surface area contributed by atoms with E-state index in [0.717, 1.165) is 28.0 Å². The predicted octanol–water partition coefficient (Wildman–Crippen LogP) is 3.41. The molecule has 0 saturated heterocycles. The van der Waals surface area contributed by atoms with Gasteiger partial charge in [-0.3, -0.25) is 4.79 Å². The van der Waals surface area contributed by atoms with Crippen LogP contribution in [0.25, 0.3) is 10.9 Å². The number of benzene rings is 1. The number of carbonyl (C=O) groups is 1. The maximum Gasteiger partial charge on any atom is 0.228 e. The number of aromatic amines is 1. The summed E-state index contributed by atoms with van der Waals surface area (Å²) in [6.07, 6.45) is 2.01. The van der Waals surface area contributed by atoms with E-state index >= 15 is 0 Å². The van der Waals surface area contributed by atoms with Crippen LogP contribution in [0.2, 0.25) is 0 Å². The van der Waals surface area contributed by atoms with E-state index in [0.29, 0.717) is 0 Å². The summed E-state index contributed by atoms with van der Waals surface area (Å²) < 4.78 is 0. The van der Waals surface area contributed by atoms with E-state index in [2.05, 4.69) is 10.3 Å². The zero-order valence-electron chi connectivity index (χ0n) is 10.9. The number of nitrogens with one attached hydrogen (secondary N) is 2. The number of fused-ring (bicyclic) bond motifs is 1. The van der Waals surface area contributed by atoms with Crippen LogP contribution in [0.4, 0.5) is 5.69 Å². The zero-order valence-corrected chi connectivity index (χ0v) is 11.7. The normalized spacial score (nSPS) is 12.6. The number of H-pyrrole nitrogens is 1. The SMILES string of the molecule is CSC[C@@H](C)C(=O)Nc1c(C)[nH]c2ccccc12. The Balaban J connectivity index is 2.26. The van der Waals surface area contributed by atoms with E-state index in [9.17, 15) is 4.79 Å². The van der Waals surface area contributed by atoms with E-state index in [-0.39, 0.29) is 11.8 Å². The second-order valence-corrected chi connectivity index (χ2v) is 5.43. The molecule has 0 saturated carbocycles.